The van der Waals surface area contributed by atoms with E-state index in [2.05, 4.69) is 52.8 Å². The van der Waals surface area contributed by atoms with Crippen molar-refractivity contribution in [3.8, 4) is 0 Å². The molecule has 1 heteroatoms. The van der Waals surface area contributed by atoms with Gasteiger partial charge in [-0.15, -0.1) is 0 Å². The molecule has 0 amide bonds. The summed E-state index contributed by atoms with van der Waals surface area (Å²) in [6.45, 7) is 11.4. The lowest BCUT2D eigenvalue weighted by atomic mass is 9.77. The molecular weight excluding hydrogens is 266 g/mol. The lowest BCUT2D eigenvalue weighted by molar-refractivity contribution is 0.444. The van der Waals surface area contributed by atoms with Crippen molar-refractivity contribution in [2.75, 3.05) is 0 Å². The number of nitrogens with zero attached hydrogens (tertiary/aromatic N) is 1. The molecule has 0 unspecified atom stereocenters. The summed E-state index contributed by atoms with van der Waals surface area (Å²) in [7, 11) is 0. The molecule has 0 atom stereocenters. The van der Waals surface area contributed by atoms with Crippen molar-refractivity contribution in [3.05, 3.63) is 40.6 Å². The Bertz CT molecular complexity index is 685. The van der Waals surface area contributed by atoms with Gasteiger partial charge in [-0.3, -0.25) is 4.98 Å². The number of aryl methyl sites for hydroxylation is 2. The molecule has 0 bridgehead atoms. The molecule has 0 saturated heterocycles. The molecular formula is C21H29N. The van der Waals surface area contributed by atoms with Gasteiger partial charge in [0.25, 0.3) is 0 Å². The zero-order valence-electron chi connectivity index (χ0n) is 14.8. The van der Waals surface area contributed by atoms with Crippen LogP contribution < -0.4 is 0 Å². The standard InChI is InChI=1S/C21H29N/c1-14-11-12-17-15(2)19(21(3,4)5)13-18(20(17)22-14)16-9-7-6-8-10-16/h11-13,16H,6-10H2,1-5H3. The van der Waals surface area contributed by atoms with Crippen LogP contribution in [0.5, 0.6) is 0 Å². The zero-order valence-corrected chi connectivity index (χ0v) is 14.8. The van der Waals surface area contributed by atoms with E-state index in [9.17, 15) is 0 Å². The first-order valence-corrected chi connectivity index (χ1v) is 8.79. The van der Waals surface area contributed by atoms with Gasteiger partial charge in [0.2, 0.25) is 0 Å². The van der Waals surface area contributed by atoms with Crippen LogP contribution in [0.2, 0.25) is 0 Å². The summed E-state index contributed by atoms with van der Waals surface area (Å²) in [6, 6.07) is 6.93. The molecule has 1 aliphatic carbocycles. The number of aromatic nitrogens is 1. The van der Waals surface area contributed by atoms with Crippen molar-refractivity contribution in [3.63, 3.8) is 0 Å². The first-order chi connectivity index (χ1) is 10.4. The SMILES string of the molecule is Cc1ccc2c(C)c(C(C)(C)C)cc(C3CCCCC3)c2n1. The van der Waals surface area contributed by atoms with E-state index in [0.29, 0.717) is 5.92 Å². The highest BCUT2D eigenvalue weighted by molar-refractivity contribution is 5.87. The lowest BCUT2D eigenvalue weighted by Gasteiger charge is -2.28. The van der Waals surface area contributed by atoms with Gasteiger partial charge in [0.1, 0.15) is 0 Å². The Morgan fingerprint density at radius 3 is 2.32 bits per heavy atom. The third-order valence-electron chi connectivity index (χ3n) is 5.27. The van der Waals surface area contributed by atoms with Crippen LogP contribution in [0.3, 0.4) is 0 Å². The van der Waals surface area contributed by atoms with E-state index in [1.807, 2.05) is 0 Å². The minimum Gasteiger partial charge on any atom is -0.253 e. The van der Waals surface area contributed by atoms with Crippen molar-refractivity contribution in [2.24, 2.45) is 0 Å². The van der Waals surface area contributed by atoms with Gasteiger partial charge in [0.05, 0.1) is 5.52 Å². The van der Waals surface area contributed by atoms with Gasteiger partial charge in [-0.2, -0.15) is 0 Å². The highest BCUT2D eigenvalue weighted by atomic mass is 14.7. The average molecular weight is 295 g/mol. The van der Waals surface area contributed by atoms with Gasteiger partial charge in [0.15, 0.2) is 0 Å². The maximum Gasteiger partial charge on any atom is 0.0742 e. The number of pyridine rings is 1. The predicted octanol–water partition coefficient (Wildman–Crippen LogP) is 6.20. The van der Waals surface area contributed by atoms with Gasteiger partial charge in [0, 0.05) is 11.1 Å². The molecule has 22 heavy (non-hydrogen) atoms. The van der Waals surface area contributed by atoms with Gasteiger partial charge in [-0.1, -0.05) is 52.2 Å². The van der Waals surface area contributed by atoms with Crippen LogP contribution in [0.25, 0.3) is 10.9 Å². The molecule has 1 saturated carbocycles. The largest absolute Gasteiger partial charge is 0.253 e. The summed E-state index contributed by atoms with van der Waals surface area (Å²) in [6.07, 6.45) is 6.81. The van der Waals surface area contributed by atoms with Crippen molar-refractivity contribution in [1.29, 1.82) is 0 Å². The van der Waals surface area contributed by atoms with Gasteiger partial charge in [-0.25, -0.2) is 0 Å². The Hall–Kier alpha value is -1.37. The molecule has 1 fully saturated rings. The van der Waals surface area contributed by atoms with Gasteiger partial charge < -0.3 is 0 Å². The van der Waals surface area contributed by atoms with Crippen molar-refractivity contribution in [1.82, 2.24) is 4.98 Å². The Labute approximate surface area is 135 Å². The molecule has 1 aromatic heterocycles. The van der Waals surface area contributed by atoms with Crippen LogP contribution in [0, 0.1) is 13.8 Å². The molecule has 118 valence electrons. The molecule has 2 aromatic rings. The molecule has 0 N–H and O–H groups in total. The fourth-order valence-electron chi connectivity index (χ4n) is 4.06. The van der Waals surface area contributed by atoms with Crippen molar-refractivity contribution >= 4 is 10.9 Å². The first kappa shape index (κ1) is 15.5. The highest BCUT2D eigenvalue weighted by Crippen LogP contribution is 2.40. The van der Waals surface area contributed by atoms with Crippen LogP contribution >= 0.6 is 0 Å². The van der Waals surface area contributed by atoms with Gasteiger partial charge >= 0.3 is 0 Å². The van der Waals surface area contributed by atoms with E-state index in [4.69, 9.17) is 4.98 Å². The number of hydrogen-bond donors (Lipinski definition) is 0. The summed E-state index contributed by atoms with van der Waals surface area (Å²) in [5, 5.41) is 1.36. The fourth-order valence-corrected chi connectivity index (χ4v) is 4.06. The molecule has 1 nitrogen and oxygen atoms in total. The average Bonchev–Trinajstić information content (AvgIpc) is 2.47. The second-order valence-corrected chi connectivity index (χ2v) is 8.07. The summed E-state index contributed by atoms with van der Waals surface area (Å²) < 4.78 is 0. The number of benzene rings is 1. The predicted molar refractivity (Wildman–Crippen MR) is 95.7 cm³/mol. The smallest absolute Gasteiger partial charge is 0.0742 e. The topological polar surface area (TPSA) is 12.9 Å². The maximum atomic E-state index is 4.93. The van der Waals surface area contributed by atoms with Crippen molar-refractivity contribution in [2.45, 2.75) is 78.1 Å². The number of fused-ring (bicyclic) bond motifs is 1. The molecule has 3 rings (SSSR count). The Kier molecular flexibility index (Phi) is 4.01. The monoisotopic (exact) mass is 295 g/mol. The quantitative estimate of drug-likeness (QED) is 0.610. The second kappa shape index (κ2) is 5.68. The maximum absolute atomic E-state index is 4.93. The van der Waals surface area contributed by atoms with E-state index in [1.165, 1.54) is 59.7 Å². The first-order valence-electron chi connectivity index (χ1n) is 8.79. The van der Waals surface area contributed by atoms with E-state index in [0.717, 1.165) is 5.69 Å². The normalized spacial score (nSPS) is 17.1. The lowest BCUT2D eigenvalue weighted by Crippen LogP contribution is -2.16. The van der Waals surface area contributed by atoms with Crippen LogP contribution in [0.1, 0.15) is 81.2 Å². The minimum absolute atomic E-state index is 0.187. The summed E-state index contributed by atoms with van der Waals surface area (Å²) in [5.74, 6) is 0.701. The Morgan fingerprint density at radius 2 is 1.68 bits per heavy atom. The summed E-state index contributed by atoms with van der Waals surface area (Å²) in [4.78, 5) is 4.93. The highest BCUT2D eigenvalue weighted by Gasteiger charge is 2.24. The molecule has 0 radical (unpaired) electrons. The number of hydrogen-bond acceptors (Lipinski definition) is 1. The molecule has 1 aromatic carbocycles. The minimum atomic E-state index is 0.187. The van der Waals surface area contributed by atoms with E-state index < -0.39 is 0 Å². The third kappa shape index (κ3) is 2.78. The third-order valence-corrected chi connectivity index (χ3v) is 5.27. The Balaban J connectivity index is 2.27. The van der Waals surface area contributed by atoms with Crippen LogP contribution in [-0.2, 0) is 5.41 Å². The van der Waals surface area contributed by atoms with Crippen LogP contribution in [-0.4, -0.2) is 4.98 Å². The van der Waals surface area contributed by atoms with Gasteiger partial charge in [-0.05, 0) is 60.8 Å². The fraction of sp³-hybridized carbons (Fsp3) is 0.571. The van der Waals surface area contributed by atoms with Crippen LogP contribution in [0.15, 0.2) is 18.2 Å². The molecule has 1 heterocycles. The van der Waals surface area contributed by atoms with E-state index >= 15 is 0 Å². The van der Waals surface area contributed by atoms with E-state index in [1.54, 1.807) is 0 Å². The molecule has 1 aliphatic rings. The van der Waals surface area contributed by atoms with Crippen molar-refractivity contribution < 1.29 is 0 Å². The second-order valence-electron chi connectivity index (χ2n) is 8.07. The summed E-state index contributed by atoms with van der Waals surface area (Å²) >= 11 is 0. The van der Waals surface area contributed by atoms with Crippen LogP contribution in [0.4, 0.5) is 0 Å². The molecule has 0 spiro atoms. The Morgan fingerprint density at radius 1 is 1.00 bits per heavy atom. The van der Waals surface area contributed by atoms with E-state index in [-0.39, 0.29) is 5.41 Å². The zero-order chi connectivity index (χ0) is 15.9. The summed E-state index contributed by atoms with van der Waals surface area (Å²) in [5.41, 5.74) is 6.99. The number of rotatable bonds is 1. The molecule has 0 aliphatic heterocycles.